The van der Waals surface area contributed by atoms with Gasteiger partial charge in [0.05, 0.1) is 10.6 Å². The Kier molecular flexibility index (Phi) is 3.96. The van der Waals surface area contributed by atoms with Gasteiger partial charge in [-0.05, 0) is 30.3 Å². The van der Waals surface area contributed by atoms with Crippen molar-refractivity contribution in [3.63, 3.8) is 0 Å². The van der Waals surface area contributed by atoms with Crippen LogP contribution < -0.4 is 0 Å². The SMILES string of the molecule is O=C1OC(c2ccc(Cl)cc2Cl)=N/C1=C/c1ccccc1F. The molecule has 0 aromatic heterocycles. The van der Waals surface area contributed by atoms with Crippen molar-refractivity contribution in [2.24, 2.45) is 4.99 Å². The molecule has 0 amide bonds. The van der Waals surface area contributed by atoms with Gasteiger partial charge in [-0.1, -0.05) is 41.4 Å². The molecule has 22 heavy (non-hydrogen) atoms. The fourth-order valence-corrected chi connectivity index (χ4v) is 2.42. The lowest BCUT2D eigenvalue weighted by Crippen LogP contribution is -2.05. The van der Waals surface area contributed by atoms with E-state index in [1.165, 1.54) is 18.2 Å². The Balaban J connectivity index is 2.00. The first kappa shape index (κ1) is 14.8. The average molecular weight is 336 g/mol. The number of aliphatic imine (C=N–C) groups is 1. The zero-order valence-corrected chi connectivity index (χ0v) is 12.5. The van der Waals surface area contributed by atoms with E-state index in [0.29, 0.717) is 15.6 Å². The minimum Gasteiger partial charge on any atom is -0.402 e. The van der Waals surface area contributed by atoms with Crippen molar-refractivity contribution >= 4 is 41.1 Å². The third-order valence-corrected chi connectivity index (χ3v) is 3.53. The Labute approximate surface area is 135 Å². The Morgan fingerprint density at radius 1 is 1.14 bits per heavy atom. The minimum atomic E-state index is -0.663. The van der Waals surface area contributed by atoms with Crippen molar-refractivity contribution in [1.82, 2.24) is 0 Å². The van der Waals surface area contributed by atoms with Gasteiger partial charge >= 0.3 is 5.97 Å². The highest BCUT2D eigenvalue weighted by Crippen LogP contribution is 2.26. The summed E-state index contributed by atoms with van der Waals surface area (Å²) in [7, 11) is 0. The van der Waals surface area contributed by atoms with Crippen molar-refractivity contribution in [1.29, 1.82) is 0 Å². The number of rotatable bonds is 2. The Hall–Kier alpha value is -2.17. The first-order valence-corrected chi connectivity index (χ1v) is 7.03. The van der Waals surface area contributed by atoms with Gasteiger partial charge in [0.2, 0.25) is 5.90 Å². The van der Waals surface area contributed by atoms with Crippen LogP contribution in [0.3, 0.4) is 0 Å². The second kappa shape index (κ2) is 5.91. The smallest absolute Gasteiger partial charge is 0.363 e. The predicted molar refractivity (Wildman–Crippen MR) is 83.5 cm³/mol. The highest BCUT2D eigenvalue weighted by atomic mass is 35.5. The predicted octanol–water partition coefficient (Wildman–Crippen LogP) is 4.48. The number of carbonyl (C=O) groups excluding carboxylic acids is 1. The molecule has 2 aromatic carbocycles. The molecular formula is C16H8Cl2FNO2. The van der Waals surface area contributed by atoms with Gasteiger partial charge in [-0.15, -0.1) is 0 Å². The molecule has 1 heterocycles. The third kappa shape index (κ3) is 2.89. The summed E-state index contributed by atoms with van der Waals surface area (Å²) in [6.07, 6.45) is 1.33. The summed E-state index contributed by atoms with van der Waals surface area (Å²) in [5.41, 5.74) is 0.698. The molecular weight excluding hydrogens is 328 g/mol. The van der Waals surface area contributed by atoms with Crippen LogP contribution in [0.5, 0.6) is 0 Å². The van der Waals surface area contributed by atoms with Crippen LogP contribution in [-0.2, 0) is 9.53 Å². The van der Waals surface area contributed by atoms with Gasteiger partial charge in [0, 0.05) is 10.6 Å². The number of carbonyl (C=O) groups is 1. The summed E-state index contributed by atoms with van der Waals surface area (Å²) in [6, 6.07) is 10.8. The van der Waals surface area contributed by atoms with E-state index in [4.69, 9.17) is 27.9 Å². The van der Waals surface area contributed by atoms with Crippen molar-refractivity contribution in [3.05, 3.63) is 75.2 Å². The topological polar surface area (TPSA) is 38.7 Å². The molecule has 0 spiro atoms. The highest BCUT2D eigenvalue weighted by molar-refractivity contribution is 6.37. The monoisotopic (exact) mass is 335 g/mol. The fraction of sp³-hybridized carbons (Fsp3) is 0. The number of esters is 1. The highest BCUT2D eigenvalue weighted by Gasteiger charge is 2.25. The Bertz CT molecular complexity index is 831. The zero-order chi connectivity index (χ0) is 15.7. The molecule has 6 heteroatoms. The lowest BCUT2D eigenvalue weighted by molar-refractivity contribution is -0.129. The van der Waals surface area contributed by atoms with Gasteiger partial charge in [0.25, 0.3) is 0 Å². The molecule has 1 aliphatic rings. The lowest BCUT2D eigenvalue weighted by atomic mass is 10.2. The number of nitrogens with zero attached hydrogens (tertiary/aromatic N) is 1. The van der Waals surface area contributed by atoms with E-state index in [2.05, 4.69) is 4.99 Å². The standard InChI is InChI=1S/C16H8Cl2FNO2/c17-10-5-6-11(12(18)8-10)15-20-14(16(21)22-15)7-9-3-1-2-4-13(9)19/h1-8H/b14-7+. The van der Waals surface area contributed by atoms with E-state index in [1.807, 2.05) is 0 Å². The van der Waals surface area contributed by atoms with Gasteiger partial charge < -0.3 is 4.74 Å². The molecule has 110 valence electrons. The van der Waals surface area contributed by atoms with Crippen LogP contribution >= 0.6 is 23.2 Å². The third-order valence-electron chi connectivity index (χ3n) is 2.98. The van der Waals surface area contributed by atoms with Crippen LogP contribution in [0, 0.1) is 5.82 Å². The largest absolute Gasteiger partial charge is 0.402 e. The molecule has 0 radical (unpaired) electrons. The van der Waals surface area contributed by atoms with Crippen molar-refractivity contribution in [3.8, 4) is 0 Å². The second-order valence-corrected chi connectivity index (χ2v) is 5.33. The van der Waals surface area contributed by atoms with Crippen LogP contribution in [0.2, 0.25) is 10.0 Å². The quantitative estimate of drug-likeness (QED) is 0.599. The van der Waals surface area contributed by atoms with Gasteiger partial charge in [0.1, 0.15) is 5.82 Å². The number of hydrogen-bond acceptors (Lipinski definition) is 3. The van der Waals surface area contributed by atoms with Crippen LogP contribution in [0.25, 0.3) is 6.08 Å². The second-order valence-electron chi connectivity index (χ2n) is 4.48. The van der Waals surface area contributed by atoms with E-state index in [1.54, 1.807) is 30.3 Å². The molecule has 3 rings (SSSR count). The normalized spacial score (nSPS) is 15.9. The van der Waals surface area contributed by atoms with Crippen LogP contribution in [0.4, 0.5) is 4.39 Å². The van der Waals surface area contributed by atoms with Crippen LogP contribution in [0.15, 0.2) is 53.2 Å². The van der Waals surface area contributed by atoms with Crippen molar-refractivity contribution in [2.75, 3.05) is 0 Å². The number of benzene rings is 2. The van der Waals surface area contributed by atoms with E-state index in [-0.39, 0.29) is 17.2 Å². The summed E-state index contributed by atoms with van der Waals surface area (Å²) >= 11 is 11.9. The number of hydrogen-bond donors (Lipinski definition) is 0. The molecule has 0 fully saturated rings. The summed E-state index contributed by atoms with van der Waals surface area (Å²) < 4.78 is 18.7. The van der Waals surface area contributed by atoms with Gasteiger partial charge in [-0.25, -0.2) is 14.2 Å². The number of ether oxygens (including phenoxy) is 1. The first-order chi connectivity index (χ1) is 10.5. The summed E-state index contributed by atoms with van der Waals surface area (Å²) in [5.74, 6) is -1.05. The number of cyclic esters (lactones) is 1. The molecule has 1 aliphatic heterocycles. The van der Waals surface area contributed by atoms with Crippen LogP contribution in [0.1, 0.15) is 11.1 Å². The molecule has 0 N–H and O–H groups in total. The minimum absolute atomic E-state index is 0.00566. The maximum absolute atomic E-state index is 13.6. The molecule has 0 aliphatic carbocycles. The van der Waals surface area contributed by atoms with Crippen molar-refractivity contribution < 1.29 is 13.9 Å². The zero-order valence-electron chi connectivity index (χ0n) is 11.0. The molecule has 0 bridgehead atoms. The number of halogens is 3. The summed E-state index contributed by atoms with van der Waals surface area (Å²) in [6.45, 7) is 0. The first-order valence-electron chi connectivity index (χ1n) is 6.27. The molecule has 3 nitrogen and oxygen atoms in total. The van der Waals surface area contributed by atoms with Crippen molar-refractivity contribution in [2.45, 2.75) is 0 Å². The lowest BCUT2D eigenvalue weighted by Gasteiger charge is -2.02. The molecule has 0 atom stereocenters. The van der Waals surface area contributed by atoms with E-state index in [9.17, 15) is 9.18 Å². The molecule has 2 aromatic rings. The maximum atomic E-state index is 13.6. The Morgan fingerprint density at radius 3 is 2.64 bits per heavy atom. The molecule has 0 saturated carbocycles. The van der Waals surface area contributed by atoms with E-state index >= 15 is 0 Å². The van der Waals surface area contributed by atoms with E-state index < -0.39 is 11.8 Å². The fourth-order valence-electron chi connectivity index (χ4n) is 1.93. The van der Waals surface area contributed by atoms with Crippen LogP contribution in [-0.4, -0.2) is 11.9 Å². The Morgan fingerprint density at radius 2 is 1.91 bits per heavy atom. The van der Waals surface area contributed by atoms with Gasteiger partial charge in [-0.3, -0.25) is 0 Å². The maximum Gasteiger partial charge on any atom is 0.363 e. The average Bonchev–Trinajstić information content (AvgIpc) is 2.82. The summed E-state index contributed by atoms with van der Waals surface area (Å²) in [5, 5.41) is 0.770. The van der Waals surface area contributed by atoms with E-state index in [0.717, 1.165) is 0 Å². The molecule has 0 saturated heterocycles. The van der Waals surface area contributed by atoms with Gasteiger partial charge in [0.15, 0.2) is 5.70 Å². The molecule has 0 unspecified atom stereocenters. The summed E-state index contributed by atoms with van der Waals surface area (Å²) in [4.78, 5) is 15.9. The van der Waals surface area contributed by atoms with Gasteiger partial charge in [-0.2, -0.15) is 0 Å².